The first-order valence-corrected chi connectivity index (χ1v) is 7.23. The summed E-state index contributed by atoms with van der Waals surface area (Å²) in [6.07, 6.45) is -0.193. The van der Waals surface area contributed by atoms with Gasteiger partial charge in [-0.1, -0.05) is 0 Å². The summed E-state index contributed by atoms with van der Waals surface area (Å²) >= 11 is 0. The molecule has 0 atom stereocenters. The van der Waals surface area contributed by atoms with Crippen molar-refractivity contribution in [1.82, 2.24) is 10.6 Å². The molecule has 0 aromatic heterocycles. The molecule has 0 saturated carbocycles. The molecule has 22 heavy (non-hydrogen) atoms. The Morgan fingerprint density at radius 3 is 1.73 bits per heavy atom. The molecule has 0 unspecified atom stereocenters. The van der Waals surface area contributed by atoms with Gasteiger partial charge in [0.2, 0.25) is 17.4 Å². The van der Waals surface area contributed by atoms with Crippen LogP contribution in [0.4, 0.5) is 0 Å². The quantitative estimate of drug-likeness (QED) is 0.454. The van der Waals surface area contributed by atoms with E-state index in [9.17, 15) is 19.2 Å². The third kappa shape index (κ3) is 6.11. The molecule has 126 valence electrons. The fourth-order valence-corrected chi connectivity index (χ4v) is 1.59. The molecule has 0 saturated heterocycles. The molecule has 8 nitrogen and oxygen atoms in total. The maximum Gasteiger partial charge on any atom is 0.343 e. The van der Waals surface area contributed by atoms with Crippen molar-refractivity contribution in [2.45, 2.75) is 46.1 Å². The summed E-state index contributed by atoms with van der Waals surface area (Å²) in [5, 5.41) is 4.84. The molecular formula is C14H24N2O6. The van der Waals surface area contributed by atoms with Crippen LogP contribution in [-0.4, -0.2) is 49.1 Å². The first-order chi connectivity index (χ1) is 10.3. The summed E-state index contributed by atoms with van der Waals surface area (Å²) < 4.78 is 9.61. The van der Waals surface area contributed by atoms with Crippen molar-refractivity contribution in [3.8, 4) is 0 Å². The van der Waals surface area contributed by atoms with E-state index in [-0.39, 0.29) is 32.0 Å². The summed E-state index contributed by atoms with van der Waals surface area (Å²) in [7, 11) is 0. The average Bonchev–Trinajstić information content (AvgIpc) is 2.45. The summed E-state index contributed by atoms with van der Waals surface area (Å²) in [4.78, 5) is 47.1. The van der Waals surface area contributed by atoms with Crippen molar-refractivity contribution in [3.63, 3.8) is 0 Å². The fraction of sp³-hybridized carbons (Fsp3) is 0.714. The molecule has 0 aromatic carbocycles. The largest absolute Gasteiger partial charge is 0.464 e. The van der Waals surface area contributed by atoms with Crippen LogP contribution >= 0.6 is 0 Å². The van der Waals surface area contributed by atoms with Crippen LogP contribution in [-0.2, 0) is 28.7 Å². The topological polar surface area (TPSA) is 111 Å². The van der Waals surface area contributed by atoms with E-state index < -0.39 is 23.4 Å². The molecule has 0 aromatic rings. The van der Waals surface area contributed by atoms with Gasteiger partial charge in [0.15, 0.2) is 0 Å². The number of ether oxygens (including phenoxy) is 2. The Bertz CT molecular complexity index is 404. The van der Waals surface area contributed by atoms with Gasteiger partial charge in [-0.05, 0) is 27.7 Å². The monoisotopic (exact) mass is 316 g/mol. The highest BCUT2D eigenvalue weighted by Gasteiger charge is 2.45. The molecule has 0 rings (SSSR count). The molecule has 0 spiro atoms. The molecule has 0 radical (unpaired) electrons. The SMILES string of the molecule is CCNC(=O)CCC(=O)NC(C)(C(=O)OCC)C(=O)OCC. The van der Waals surface area contributed by atoms with Gasteiger partial charge in [-0.2, -0.15) is 0 Å². The minimum Gasteiger partial charge on any atom is -0.464 e. The molecule has 0 aliphatic carbocycles. The van der Waals surface area contributed by atoms with Crippen LogP contribution in [0.1, 0.15) is 40.5 Å². The van der Waals surface area contributed by atoms with Crippen molar-refractivity contribution in [2.24, 2.45) is 0 Å². The Balaban J connectivity index is 4.83. The number of hydrogen-bond donors (Lipinski definition) is 2. The highest BCUT2D eigenvalue weighted by Crippen LogP contribution is 2.11. The van der Waals surface area contributed by atoms with E-state index in [2.05, 4.69) is 10.6 Å². The maximum atomic E-state index is 11.9. The van der Waals surface area contributed by atoms with Crippen LogP contribution in [0.2, 0.25) is 0 Å². The predicted octanol–water partition coefficient (Wildman–Crippen LogP) is -0.0962. The summed E-state index contributed by atoms with van der Waals surface area (Å²) in [6, 6.07) is 0. The Hall–Kier alpha value is -2.12. The number of nitrogens with one attached hydrogen (secondary N) is 2. The van der Waals surface area contributed by atoms with E-state index in [1.165, 1.54) is 6.92 Å². The molecule has 0 aliphatic heterocycles. The third-order valence-electron chi connectivity index (χ3n) is 2.71. The van der Waals surface area contributed by atoms with E-state index in [1.54, 1.807) is 20.8 Å². The molecule has 0 heterocycles. The lowest BCUT2D eigenvalue weighted by molar-refractivity contribution is -0.166. The van der Waals surface area contributed by atoms with E-state index in [1.807, 2.05) is 0 Å². The molecule has 8 heteroatoms. The maximum absolute atomic E-state index is 11.9. The van der Waals surface area contributed by atoms with Crippen LogP contribution in [0, 0.1) is 0 Å². The van der Waals surface area contributed by atoms with Gasteiger partial charge < -0.3 is 20.1 Å². The summed E-state index contributed by atoms with van der Waals surface area (Å²) in [5.41, 5.74) is -1.93. The van der Waals surface area contributed by atoms with Crippen molar-refractivity contribution in [3.05, 3.63) is 0 Å². The zero-order valence-corrected chi connectivity index (χ0v) is 13.5. The normalized spacial score (nSPS) is 10.5. The minimum atomic E-state index is -1.93. The zero-order chi connectivity index (χ0) is 17.2. The Kier molecular flexibility index (Phi) is 8.81. The molecule has 0 bridgehead atoms. The fourth-order valence-electron chi connectivity index (χ4n) is 1.59. The second-order valence-corrected chi connectivity index (χ2v) is 4.57. The lowest BCUT2D eigenvalue weighted by Crippen LogP contribution is -2.59. The smallest absolute Gasteiger partial charge is 0.343 e. The molecule has 0 fully saturated rings. The lowest BCUT2D eigenvalue weighted by Gasteiger charge is -2.26. The van der Waals surface area contributed by atoms with Crippen LogP contribution in [0.3, 0.4) is 0 Å². The van der Waals surface area contributed by atoms with Gasteiger partial charge in [0.25, 0.3) is 0 Å². The Morgan fingerprint density at radius 2 is 1.32 bits per heavy atom. The second-order valence-electron chi connectivity index (χ2n) is 4.57. The molecular weight excluding hydrogens is 292 g/mol. The number of hydrogen-bond acceptors (Lipinski definition) is 6. The van der Waals surface area contributed by atoms with E-state index in [0.29, 0.717) is 6.54 Å². The van der Waals surface area contributed by atoms with Gasteiger partial charge in [0, 0.05) is 19.4 Å². The van der Waals surface area contributed by atoms with Gasteiger partial charge in [0.05, 0.1) is 13.2 Å². The average molecular weight is 316 g/mol. The Labute approximate surface area is 129 Å². The van der Waals surface area contributed by atoms with Crippen LogP contribution in [0.15, 0.2) is 0 Å². The number of rotatable bonds is 9. The minimum absolute atomic E-state index is 0.0403. The van der Waals surface area contributed by atoms with Gasteiger partial charge >= 0.3 is 11.9 Å². The summed E-state index contributed by atoms with van der Waals surface area (Å²) in [5.74, 6) is -2.71. The molecule has 2 amide bonds. The van der Waals surface area contributed by atoms with Crippen molar-refractivity contribution in [2.75, 3.05) is 19.8 Å². The second kappa shape index (κ2) is 9.75. The molecule has 0 aliphatic rings. The van der Waals surface area contributed by atoms with Gasteiger partial charge in [-0.3, -0.25) is 9.59 Å². The Morgan fingerprint density at radius 1 is 0.864 bits per heavy atom. The van der Waals surface area contributed by atoms with Gasteiger partial charge in [-0.15, -0.1) is 0 Å². The van der Waals surface area contributed by atoms with Crippen molar-refractivity contribution in [1.29, 1.82) is 0 Å². The van der Waals surface area contributed by atoms with Crippen molar-refractivity contribution < 1.29 is 28.7 Å². The summed E-state index contributed by atoms with van der Waals surface area (Å²) in [6.45, 7) is 6.72. The van der Waals surface area contributed by atoms with Crippen LogP contribution < -0.4 is 10.6 Å². The number of carbonyl (C=O) groups is 4. The zero-order valence-electron chi connectivity index (χ0n) is 13.5. The highest BCUT2D eigenvalue weighted by atomic mass is 16.6. The first-order valence-electron chi connectivity index (χ1n) is 7.23. The van der Waals surface area contributed by atoms with E-state index in [0.717, 1.165) is 0 Å². The van der Waals surface area contributed by atoms with Gasteiger partial charge in [0.1, 0.15) is 0 Å². The first kappa shape index (κ1) is 19.9. The number of carbonyl (C=O) groups excluding carboxylic acids is 4. The van der Waals surface area contributed by atoms with Gasteiger partial charge in [-0.25, -0.2) is 9.59 Å². The predicted molar refractivity (Wildman–Crippen MR) is 77.7 cm³/mol. The van der Waals surface area contributed by atoms with E-state index in [4.69, 9.17) is 9.47 Å². The number of amides is 2. The number of esters is 2. The molecule has 2 N–H and O–H groups in total. The van der Waals surface area contributed by atoms with Crippen LogP contribution in [0.5, 0.6) is 0 Å². The highest BCUT2D eigenvalue weighted by molar-refractivity contribution is 6.07. The van der Waals surface area contributed by atoms with Crippen LogP contribution in [0.25, 0.3) is 0 Å². The van der Waals surface area contributed by atoms with Crippen molar-refractivity contribution >= 4 is 23.8 Å². The third-order valence-corrected chi connectivity index (χ3v) is 2.71. The van der Waals surface area contributed by atoms with E-state index >= 15 is 0 Å². The lowest BCUT2D eigenvalue weighted by atomic mass is 10.0. The standard InChI is InChI=1S/C14H24N2O6/c1-5-15-10(17)8-9-11(18)16-14(4,12(19)21-6-2)13(20)22-7-3/h5-9H2,1-4H3,(H,15,17)(H,16,18).